The molecule has 1 aromatic rings. The van der Waals surface area contributed by atoms with Crippen molar-refractivity contribution in [3.05, 3.63) is 49.6 Å². The molecule has 150 valence electrons. The highest BCUT2D eigenvalue weighted by molar-refractivity contribution is 7.64. The van der Waals surface area contributed by atoms with Gasteiger partial charge in [0.1, 0.15) is 12.3 Å². The molecule has 0 amide bonds. The quantitative estimate of drug-likeness (QED) is 0.288. The standard InChI is InChI=1S/C20H30NO5P/c1-6-13-21(15-20(22)24-8-3)27(23,26-14-7-2)19-11-9-18(10-12-19)25-16-17(4)5/h6-7,9-12,17H,1-2,8,13-16H2,3-5H3. The van der Waals surface area contributed by atoms with Crippen molar-refractivity contribution >= 4 is 18.8 Å². The van der Waals surface area contributed by atoms with Crippen LogP contribution in [0.3, 0.4) is 0 Å². The summed E-state index contributed by atoms with van der Waals surface area (Å²) in [6.45, 7) is 14.1. The van der Waals surface area contributed by atoms with E-state index < -0.39 is 13.5 Å². The average molecular weight is 395 g/mol. The Morgan fingerprint density at radius 2 is 1.89 bits per heavy atom. The summed E-state index contributed by atoms with van der Waals surface area (Å²) in [4.78, 5) is 12.0. The van der Waals surface area contributed by atoms with Crippen LogP contribution in [-0.2, 0) is 18.6 Å². The molecule has 0 bridgehead atoms. The molecule has 6 nitrogen and oxygen atoms in total. The van der Waals surface area contributed by atoms with Crippen molar-refractivity contribution in [3.63, 3.8) is 0 Å². The topological polar surface area (TPSA) is 65.1 Å². The Morgan fingerprint density at radius 3 is 2.41 bits per heavy atom. The predicted octanol–water partition coefficient (Wildman–Crippen LogP) is 3.79. The Balaban J connectivity index is 3.14. The van der Waals surface area contributed by atoms with E-state index in [0.29, 0.717) is 23.6 Å². The lowest BCUT2D eigenvalue weighted by Crippen LogP contribution is -2.33. The normalized spacial score (nSPS) is 13.2. The largest absolute Gasteiger partial charge is 0.493 e. The van der Waals surface area contributed by atoms with Gasteiger partial charge in [-0.1, -0.05) is 26.0 Å². The average Bonchev–Trinajstić information content (AvgIpc) is 2.64. The van der Waals surface area contributed by atoms with E-state index in [0.717, 1.165) is 0 Å². The van der Waals surface area contributed by atoms with Crippen molar-refractivity contribution in [3.8, 4) is 5.75 Å². The number of hydrogen-bond acceptors (Lipinski definition) is 5. The first-order chi connectivity index (χ1) is 12.9. The van der Waals surface area contributed by atoms with Crippen LogP contribution >= 0.6 is 7.52 Å². The molecule has 1 atom stereocenters. The maximum absolute atomic E-state index is 13.7. The number of carbonyl (C=O) groups is 1. The maximum atomic E-state index is 13.7. The Bertz CT molecular complexity index is 657. The number of esters is 1. The van der Waals surface area contributed by atoms with Crippen LogP contribution in [0.4, 0.5) is 0 Å². The molecule has 1 rings (SSSR count). The van der Waals surface area contributed by atoms with E-state index in [1.54, 1.807) is 37.3 Å². The van der Waals surface area contributed by atoms with E-state index >= 15 is 0 Å². The van der Waals surface area contributed by atoms with Gasteiger partial charge in [0, 0.05) is 6.54 Å². The SMILES string of the molecule is C=CCOP(=O)(c1ccc(OCC(C)C)cc1)N(CC=C)CC(=O)OCC. The first kappa shape index (κ1) is 23.2. The van der Waals surface area contributed by atoms with E-state index in [9.17, 15) is 9.36 Å². The second-order valence-electron chi connectivity index (χ2n) is 6.24. The summed E-state index contributed by atoms with van der Waals surface area (Å²) in [5, 5.41) is 0.465. The molecule has 0 saturated carbocycles. The molecule has 1 unspecified atom stereocenters. The van der Waals surface area contributed by atoms with Crippen molar-refractivity contribution in [1.29, 1.82) is 0 Å². The number of ether oxygens (including phenoxy) is 2. The zero-order valence-corrected chi connectivity index (χ0v) is 17.3. The van der Waals surface area contributed by atoms with Crippen LogP contribution in [0.15, 0.2) is 49.6 Å². The number of carbonyl (C=O) groups excluding carboxylic acids is 1. The number of hydrogen-bond donors (Lipinski definition) is 0. The molecule has 0 spiro atoms. The van der Waals surface area contributed by atoms with Crippen LogP contribution in [0.5, 0.6) is 5.75 Å². The van der Waals surface area contributed by atoms with Gasteiger partial charge in [-0.15, -0.1) is 13.2 Å². The molecule has 0 heterocycles. The zero-order valence-electron chi connectivity index (χ0n) is 16.4. The Kier molecular flexibility index (Phi) is 10.1. The molecule has 0 aliphatic heterocycles. The zero-order chi connectivity index (χ0) is 20.3. The molecule has 0 fully saturated rings. The molecule has 0 aromatic heterocycles. The summed E-state index contributed by atoms with van der Waals surface area (Å²) in [5.74, 6) is 0.612. The van der Waals surface area contributed by atoms with Crippen molar-refractivity contribution < 1.29 is 23.4 Å². The molecule has 7 heteroatoms. The second kappa shape index (κ2) is 11.8. The van der Waals surface area contributed by atoms with Crippen molar-refractivity contribution in [2.45, 2.75) is 20.8 Å². The molecule has 0 aliphatic rings. The van der Waals surface area contributed by atoms with Crippen LogP contribution in [-0.4, -0.2) is 43.5 Å². The molecule has 1 aromatic carbocycles. The van der Waals surface area contributed by atoms with Gasteiger partial charge < -0.3 is 14.0 Å². The summed E-state index contributed by atoms with van der Waals surface area (Å²) < 4.78 is 31.5. The van der Waals surface area contributed by atoms with E-state index in [-0.39, 0.29) is 26.3 Å². The predicted molar refractivity (Wildman–Crippen MR) is 109 cm³/mol. The van der Waals surface area contributed by atoms with E-state index in [1.165, 1.54) is 10.7 Å². The molecule has 0 N–H and O–H groups in total. The molecule has 0 radical (unpaired) electrons. The van der Waals surface area contributed by atoms with Crippen molar-refractivity contribution in [2.75, 3.05) is 32.9 Å². The van der Waals surface area contributed by atoms with Crippen molar-refractivity contribution in [1.82, 2.24) is 4.67 Å². The lowest BCUT2D eigenvalue weighted by atomic mass is 10.2. The third-order valence-corrected chi connectivity index (χ3v) is 5.94. The van der Waals surface area contributed by atoms with Crippen LogP contribution in [0, 0.1) is 5.92 Å². The summed E-state index contributed by atoms with van der Waals surface area (Å²) in [6, 6.07) is 6.89. The van der Waals surface area contributed by atoms with Gasteiger partial charge in [0.25, 0.3) is 0 Å². The second-order valence-corrected chi connectivity index (χ2v) is 8.63. The van der Waals surface area contributed by atoms with Crippen molar-refractivity contribution in [2.24, 2.45) is 5.92 Å². The van der Waals surface area contributed by atoms with Crippen LogP contribution in [0.2, 0.25) is 0 Å². The van der Waals surface area contributed by atoms with Gasteiger partial charge in [-0.3, -0.25) is 9.36 Å². The fraction of sp³-hybridized carbons (Fsp3) is 0.450. The fourth-order valence-electron chi connectivity index (χ4n) is 2.24. The first-order valence-electron chi connectivity index (χ1n) is 8.98. The summed E-state index contributed by atoms with van der Waals surface area (Å²) >= 11 is 0. The third-order valence-electron chi connectivity index (χ3n) is 3.44. The lowest BCUT2D eigenvalue weighted by Gasteiger charge is -2.29. The molecule has 27 heavy (non-hydrogen) atoms. The van der Waals surface area contributed by atoms with Crippen LogP contribution < -0.4 is 10.0 Å². The Labute approximate surface area is 162 Å². The summed E-state index contributed by atoms with van der Waals surface area (Å²) in [5.41, 5.74) is 0. The lowest BCUT2D eigenvalue weighted by molar-refractivity contribution is -0.143. The smallest absolute Gasteiger partial charge is 0.320 e. The van der Waals surface area contributed by atoms with Gasteiger partial charge in [-0.05, 0) is 37.1 Å². The number of benzene rings is 1. The molecule has 0 saturated heterocycles. The minimum absolute atomic E-state index is 0.0827. The Morgan fingerprint density at radius 1 is 1.22 bits per heavy atom. The van der Waals surface area contributed by atoms with E-state index in [4.69, 9.17) is 14.0 Å². The van der Waals surface area contributed by atoms with Gasteiger partial charge >= 0.3 is 13.5 Å². The van der Waals surface area contributed by atoms with E-state index in [2.05, 4.69) is 27.0 Å². The fourth-order valence-corrected chi connectivity index (χ4v) is 4.34. The highest BCUT2D eigenvalue weighted by atomic mass is 31.2. The first-order valence-corrected chi connectivity index (χ1v) is 10.6. The van der Waals surface area contributed by atoms with Gasteiger partial charge in [0.15, 0.2) is 0 Å². The minimum Gasteiger partial charge on any atom is -0.493 e. The highest BCUT2D eigenvalue weighted by Gasteiger charge is 2.35. The third kappa shape index (κ3) is 7.33. The molecular formula is C20H30NO5P. The molecular weight excluding hydrogens is 365 g/mol. The van der Waals surface area contributed by atoms with Crippen LogP contribution in [0.25, 0.3) is 0 Å². The minimum atomic E-state index is -3.52. The van der Waals surface area contributed by atoms with Gasteiger partial charge in [0.05, 0.1) is 25.1 Å². The summed E-state index contributed by atoms with van der Waals surface area (Å²) in [7, 11) is -3.52. The molecule has 0 aliphatic carbocycles. The van der Waals surface area contributed by atoms with E-state index in [1.807, 2.05) is 0 Å². The number of rotatable bonds is 13. The maximum Gasteiger partial charge on any atom is 0.320 e. The monoisotopic (exact) mass is 395 g/mol. The summed E-state index contributed by atoms with van der Waals surface area (Å²) in [6.07, 6.45) is 3.09. The highest BCUT2D eigenvalue weighted by Crippen LogP contribution is 2.49. The van der Waals surface area contributed by atoms with Crippen LogP contribution in [0.1, 0.15) is 20.8 Å². The van der Waals surface area contributed by atoms with Gasteiger partial charge in [-0.25, -0.2) is 4.67 Å². The van der Waals surface area contributed by atoms with Gasteiger partial charge in [-0.2, -0.15) is 0 Å². The Hall–Kier alpha value is -1.88. The number of nitrogens with zero attached hydrogens (tertiary/aromatic N) is 1. The van der Waals surface area contributed by atoms with Gasteiger partial charge in [0.2, 0.25) is 0 Å².